The summed E-state index contributed by atoms with van der Waals surface area (Å²) in [6, 6.07) is 8.73. The summed E-state index contributed by atoms with van der Waals surface area (Å²) in [6.45, 7) is 10.7. The molecule has 1 amide bonds. The molecule has 1 heterocycles. The van der Waals surface area contributed by atoms with E-state index in [1.807, 2.05) is 20.8 Å². The normalized spacial score (nSPS) is 15.4. The van der Waals surface area contributed by atoms with Crippen molar-refractivity contribution in [2.45, 2.75) is 52.3 Å². The minimum Gasteiger partial charge on any atom is -0.444 e. The summed E-state index contributed by atoms with van der Waals surface area (Å²) in [6.07, 6.45) is 2.23. The second-order valence-electron chi connectivity index (χ2n) is 8.08. The zero-order valence-electron chi connectivity index (χ0n) is 17.7. The Balaban J connectivity index is 1.65. The highest BCUT2D eigenvalue weighted by atomic mass is 16.6. The fourth-order valence-corrected chi connectivity index (χ4v) is 3.03. The van der Waals surface area contributed by atoms with Gasteiger partial charge in [-0.05, 0) is 57.8 Å². The topological polar surface area (TPSA) is 78.0 Å². The number of guanidine groups is 1. The predicted octanol–water partition coefficient (Wildman–Crippen LogP) is 2.47. The van der Waals surface area contributed by atoms with Gasteiger partial charge in [-0.15, -0.1) is 0 Å². The maximum Gasteiger partial charge on any atom is 0.407 e. The van der Waals surface area contributed by atoms with Crippen molar-refractivity contribution < 1.29 is 9.53 Å². The molecule has 3 N–H and O–H groups in total. The Kier molecular flexibility index (Phi) is 8.57. The molecule has 0 aliphatic carbocycles. The minimum atomic E-state index is -0.487. The van der Waals surface area contributed by atoms with Crippen molar-refractivity contribution in [3.63, 3.8) is 0 Å². The summed E-state index contributed by atoms with van der Waals surface area (Å²) < 4.78 is 5.20. The van der Waals surface area contributed by atoms with E-state index in [1.165, 1.54) is 37.1 Å². The Morgan fingerprint density at radius 2 is 1.64 bits per heavy atom. The van der Waals surface area contributed by atoms with Crippen molar-refractivity contribution in [1.82, 2.24) is 20.9 Å². The highest BCUT2D eigenvalue weighted by Crippen LogP contribution is 2.13. The van der Waals surface area contributed by atoms with Crippen LogP contribution in [0, 0.1) is 0 Å². The van der Waals surface area contributed by atoms with E-state index in [1.54, 1.807) is 7.05 Å². The number of amides is 1. The molecule has 1 fully saturated rings. The van der Waals surface area contributed by atoms with E-state index in [9.17, 15) is 4.79 Å². The molecule has 1 aliphatic heterocycles. The maximum absolute atomic E-state index is 11.6. The summed E-state index contributed by atoms with van der Waals surface area (Å²) in [5, 5.41) is 9.19. The standard InChI is InChI=1S/C21H35N5O2/c1-21(2,3)28-20(27)24-12-11-23-19(22-4)25-15-17-7-9-18(10-8-17)16-26-13-5-6-14-26/h7-10H,5-6,11-16H2,1-4H3,(H,24,27)(H2,22,23,25). The monoisotopic (exact) mass is 389 g/mol. The van der Waals surface area contributed by atoms with Crippen LogP contribution in [0.3, 0.4) is 0 Å². The van der Waals surface area contributed by atoms with Crippen molar-refractivity contribution >= 4 is 12.1 Å². The molecule has 156 valence electrons. The Hall–Kier alpha value is -2.28. The number of hydrogen-bond acceptors (Lipinski definition) is 4. The lowest BCUT2D eigenvalue weighted by Gasteiger charge is -2.20. The number of nitrogens with zero attached hydrogens (tertiary/aromatic N) is 2. The smallest absolute Gasteiger partial charge is 0.407 e. The first kappa shape index (κ1) is 22.0. The Labute approximate surface area is 168 Å². The zero-order chi connectivity index (χ0) is 20.4. The molecular weight excluding hydrogens is 354 g/mol. The average molecular weight is 390 g/mol. The number of aliphatic imine (C=N–C) groups is 1. The van der Waals surface area contributed by atoms with Gasteiger partial charge in [0.1, 0.15) is 5.60 Å². The number of ether oxygens (including phenoxy) is 1. The molecular formula is C21H35N5O2. The molecule has 0 radical (unpaired) electrons. The number of carbonyl (C=O) groups is 1. The van der Waals surface area contributed by atoms with Gasteiger partial charge in [0.05, 0.1) is 0 Å². The highest BCUT2D eigenvalue weighted by molar-refractivity contribution is 5.79. The fourth-order valence-electron chi connectivity index (χ4n) is 3.03. The number of carbonyl (C=O) groups excluding carboxylic acids is 1. The van der Waals surface area contributed by atoms with Gasteiger partial charge < -0.3 is 20.7 Å². The summed E-state index contributed by atoms with van der Waals surface area (Å²) in [5.41, 5.74) is 2.08. The van der Waals surface area contributed by atoms with Crippen LogP contribution in [-0.2, 0) is 17.8 Å². The Bertz CT molecular complexity index is 631. The van der Waals surface area contributed by atoms with E-state index >= 15 is 0 Å². The molecule has 28 heavy (non-hydrogen) atoms. The molecule has 0 atom stereocenters. The molecule has 0 bridgehead atoms. The van der Waals surface area contributed by atoms with Crippen LogP contribution in [-0.4, -0.2) is 55.8 Å². The van der Waals surface area contributed by atoms with Crippen molar-refractivity contribution in [2.75, 3.05) is 33.2 Å². The minimum absolute atomic E-state index is 0.411. The lowest BCUT2D eigenvalue weighted by Crippen LogP contribution is -2.42. The number of benzene rings is 1. The number of nitrogens with one attached hydrogen (secondary N) is 3. The molecule has 2 rings (SSSR count). The van der Waals surface area contributed by atoms with Crippen molar-refractivity contribution in [1.29, 1.82) is 0 Å². The summed E-state index contributed by atoms with van der Waals surface area (Å²) >= 11 is 0. The largest absolute Gasteiger partial charge is 0.444 e. The lowest BCUT2D eigenvalue weighted by molar-refractivity contribution is 0.0529. The number of likely N-dealkylation sites (tertiary alicyclic amines) is 1. The molecule has 0 aromatic heterocycles. The van der Waals surface area contributed by atoms with Gasteiger partial charge in [0.15, 0.2) is 5.96 Å². The molecule has 1 aromatic rings. The predicted molar refractivity (Wildman–Crippen MR) is 113 cm³/mol. The number of rotatable bonds is 7. The van der Waals surface area contributed by atoms with Crippen LogP contribution in [0.25, 0.3) is 0 Å². The van der Waals surface area contributed by atoms with Crippen molar-refractivity contribution in [3.8, 4) is 0 Å². The fraction of sp³-hybridized carbons (Fsp3) is 0.619. The Morgan fingerprint density at radius 1 is 1.04 bits per heavy atom. The van der Waals surface area contributed by atoms with Crippen LogP contribution in [0.4, 0.5) is 4.79 Å². The van der Waals surface area contributed by atoms with Gasteiger partial charge in [0.2, 0.25) is 0 Å². The van der Waals surface area contributed by atoms with Gasteiger partial charge in [0.25, 0.3) is 0 Å². The zero-order valence-corrected chi connectivity index (χ0v) is 17.7. The second-order valence-corrected chi connectivity index (χ2v) is 8.08. The van der Waals surface area contributed by atoms with E-state index in [2.05, 4.69) is 50.1 Å². The van der Waals surface area contributed by atoms with Crippen molar-refractivity contribution in [2.24, 2.45) is 4.99 Å². The van der Waals surface area contributed by atoms with Crippen LogP contribution < -0.4 is 16.0 Å². The average Bonchev–Trinajstić information content (AvgIpc) is 3.14. The van der Waals surface area contributed by atoms with Gasteiger partial charge in [-0.25, -0.2) is 4.79 Å². The third-order valence-electron chi connectivity index (χ3n) is 4.40. The van der Waals surface area contributed by atoms with Crippen LogP contribution in [0.5, 0.6) is 0 Å². The quantitative estimate of drug-likeness (QED) is 0.379. The van der Waals surface area contributed by atoms with Crippen LogP contribution in [0.1, 0.15) is 44.7 Å². The summed E-state index contributed by atoms with van der Waals surface area (Å²) in [7, 11) is 1.73. The first-order valence-electron chi connectivity index (χ1n) is 10.1. The maximum atomic E-state index is 11.6. The van der Waals surface area contributed by atoms with Crippen LogP contribution >= 0.6 is 0 Å². The second kappa shape index (κ2) is 10.9. The molecule has 1 aliphatic rings. The molecule has 0 spiro atoms. The molecule has 7 heteroatoms. The van der Waals surface area contributed by atoms with Crippen LogP contribution in [0.15, 0.2) is 29.3 Å². The highest BCUT2D eigenvalue weighted by Gasteiger charge is 2.15. The van der Waals surface area contributed by atoms with E-state index < -0.39 is 11.7 Å². The SMILES string of the molecule is CN=C(NCCNC(=O)OC(C)(C)C)NCc1ccc(CN2CCCC2)cc1. The summed E-state index contributed by atoms with van der Waals surface area (Å²) in [4.78, 5) is 18.3. The van der Waals surface area contributed by atoms with E-state index in [0.29, 0.717) is 25.6 Å². The number of hydrogen-bond donors (Lipinski definition) is 3. The molecule has 1 aromatic carbocycles. The molecule has 1 saturated heterocycles. The van der Waals surface area contributed by atoms with Gasteiger partial charge >= 0.3 is 6.09 Å². The third kappa shape index (κ3) is 8.61. The van der Waals surface area contributed by atoms with Crippen LogP contribution in [0.2, 0.25) is 0 Å². The third-order valence-corrected chi connectivity index (χ3v) is 4.40. The number of alkyl carbamates (subject to hydrolysis) is 1. The van der Waals surface area contributed by atoms with Gasteiger partial charge in [-0.1, -0.05) is 24.3 Å². The lowest BCUT2D eigenvalue weighted by atomic mass is 10.1. The molecule has 7 nitrogen and oxygen atoms in total. The van der Waals surface area contributed by atoms with E-state index in [4.69, 9.17) is 4.74 Å². The molecule has 0 unspecified atom stereocenters. The van der Waals surface area contributed by atoms with E-state index in [0.717, 1.165) is 6.54 Å². The van der Waals surface area contributed by atoms with E-state index in [-0.39, 0.29) is 0 Å². The first-order valence-corrected chi connectivity index (χ1v) is 10.1. The van der Waals surface area contributed by atoms with Crippen molar-refractivity contribution in [3.05, 3.63) is 35.4 Å². The molecule has 0 saturated carbocycles. The Morgan fingerprint density at radius 3 is 2.25 bits per heavy atom. The van der Waals surface area contributed by atoms with Gasteiger partial charge in [0, 0.05) is 33.2 Å². The first-order chi connectivity index (χ1) is 13.4. The summed E-state index contributed by atoms with van der Waals surface area (Å²) in [5.74, 6) is 0.701. The van der Waals surface area contributed by atoms with Gasteiger partial charge in [-0.3, -0.25) is 9.89 Å². The van der Waals surface area contributed by atoms with Gasteiger partial charge in [-0.2, -0.15) is 0 Å².